The van der Waals surface area contributed by atoms with Crippen molar-refractivity contribution >= 4 is 21.9 Å². The Bertz CT molecular complexity index is 695. The second-order valence-corrected chi connectivity index (χ2v) is 7.11. The average molecular weight is 311 g/mol. The van der Waals surface area contributed by atoms with E-state index in [2.05, 4.69) is 14.4 Å². The smallest absolute Gasteiger partial charge is 0.347 e. The molecule has 21 heavy (non-hydrogen) atoms. The number of nitrogens with zero attached hydrogens (tertiary/aromatic N) is 4. The van der Waals surface area contributed by atoms with Gasteiger partial charge >= 0.3 is 10.2 Å². The van der Waals surface area contributed by atoms with Crippen molar-refractivity contribution in [3.8, 4) is 0 Å². The molecule has 0 radical (unpaired) electrons. The van der Waals surface area contributed by atoms with Gasteiger partial charge in [-0.1, -0.05) is 27.7 Å². The predicted octanol–water partition coefficient (Wildman–Crippen LogP) is 1.51. The first kappa shape index (κ1) is 15.7. The van der Waals surface area contributed by atoms with Crippen LogP contribution in [0.15, 0.2) is 4.40 Å². The van der Waals surface area contributed by atoms with Crippen molar-refractivity contribution in [2.24, 2.45) is 10.1 Å². The number of aromatic nitrogens is 2. The summed E-state index contributed by atoms with van der Waals surface area (Å²) in [5.41, 5.74) is 7.75. The van der Waals surface area contributed by atoms with Gasteiger partial charge in [0.25, 0.3) is 0 Å². The standard InChI is InChI=1S/C13H21N5O2S/c1-6-18-13-11(12(14)17-21(18,19)20)15-9(7(2)3)10(16-13)8(4)5/h7-8H,6H2,1-5H3,(H2,14,17). The molecule has 0 bridgehead atoms. The molecule has 0 spiro atoms. The molecule has 0 fully saturated rings. The molecule has 1 aromatic rings. The van der Waals surface area contributed by atoms with Gasteiger partial charge < -0.3 is 5.73 Å². The molecule has 1 aliphatic rings. The van der Waals surface area contributed by atoms with Crippen molar-refractivity contribution in [1.29, 1.82) is 0 Å². The van der Waals surface area contributed by atoms with Gasteiger partial charge in [0.15, 0.2) is 11.7 Å². The Labute approximate surface area is 125 Å². The molecular formula is C13H21N5O2S. The first-order valence-corrected chi connectivity index (χ1v) is 8.39. The SMILES string of the molecule is CCN1c2nc(C(C)C)c(C(C)C)nc2C(N)=NS1(=O)=O. The van der Waals surface area contributed by atoms with Crippen LogP contribution in [-0.4, -0.2) is 30.8 Å². The molecule has 1 aliphatic heterocycles. The summed E-state index contributed by atoms with van der Waals surface area (Å²) in [6.07, 6.45) is 0. The highest BCUT2D eigenvalue weighted by Gasteiger charge is 2.33. The largest absolute Gasteiger partial charge is 0.381 e. The van der Waals surface area contributed by atoms with Gasteiger partial charge in [0.05, 0.1) is 11.4 Å². The summed E-state index contributed by atoms with van der Waals surface area (Å²) in [6, 6.07) is 0. The van der Waals surface area contributed by atoms with E-state index in [1.54, 1.807) is 6.92 Å². The van der Waals surface area contributed by atoms with Crippen LogP contribution < -0.4 is 10.0 Å². The maximum atomic E-state index is 12.1. The Hall–Kier alpha value is -1.70. The fourth-order valence-corrected chi connectivity index (χ4v) is 3.39. The Morgan fingerprint density at radius 3 is 2.10 bits per heavy atom. The Morgan fingerprint density at radius 1 is 1.10 bits per heavy atom. The van der Waals surface area contributed by atoms with Gasteiger partial charge in [-0.3, -0.25) is 0 Å². The van der Waals surface area contributed by atoms with Gasteiger partial charge in [0, 0.05) is 6.54 Å². The van der Waals surface area contributed by atoms with Crippen LogP contribution in [0.1, 0.15) is 63.5 Å². The van der Waals surface area contributed by atoms with Crippen LogP contribution in [0.4, 0.5) is 5.82 Å². The minimum Gasteiger partial charge on any atom is -0.381 e. The zero-order valence-corrected chi connectivity index (χ0v) is 13.8. The van der Waals surface area contributed by atoms with E-state index >= 15 is 0 Å². The summed E-state index contributed by atoms with van der Waals surface area (Å²) >= 11 is 0. The zero-order valence-electron chi connectivity index (χ0n) is 13.0. The van der Waals surface area contributed by atoms with Crippen LogP contribution in [-0.2, 0) is 10.2 Å². The molecular weight excluding hydrogens is 290 g/mol. The second kappa shape index (κ2) is 5.25. The predicted molar refractivity (Wildman–Crippen MR) is 82.9 cm³/mol. The summed E-state index contributed by atoms with van der Waals surface area (Å²) in [7, 11) is -3.82. The van der Waals surface area contributed by atoms with Crippen LogP contribution in [0.25, 0.3) is 0 Å². The van der Waals surface area contributed by atoms with E-state index in [1.807, 2.05) is 27.7 Å². The quantitative estimate of drug-likeness (QED) is 0.911. The number of amidine groups is 1. The van der Waals surface area contributed by atoms with Gasteiger partial charge in [-0.05, 0) is 18.8 Å². The van der Waals surface area contributed by atoms with E-state index in [0.717, 1.165) is 15.7 Å². The first-order valence-electron chi connectivity index (χ1n) is 6.99. The molecule has 0 aromatic carbocycles. The average Bonchev–Trinajstić information content (AvgIpc) is 2.36. The molecule has 0 unspecified atom stereocenters. The molecule has 116 valence electrons. The van der Waals surface area contributed by atoms with Gasteiger partial charge in [-0.15, -0.1) is 4.40 Å². The van der Waals surface area contributed by atoms with E-state index in [0.29, 0.717) is 5.69 Å². The molecule has 2 heterocycles. The summed E-state index contributed by atoms with van der Waals surface area (Å²) in [5.74, 6) is 0.487. The molecule has 0 saturated carbocycles. The van der Waals surface area contributed by atoms with Crippen molar-refractivity contribution in [2.75, 3.05) is 10.8 Å². The molecule has 0 aliphatic carbocycles. The number of anilines is 1. The lowest BCUT2D eigenvalue weighted by Gasteiger charge is -2.27. The Balaban J connectivity index is 2.79. The number of hydrogen-bond acceptors (Lipinski definition) is 5. The third-order valence-electron chi connectivity index (χ3n) is 3.28. The second-order valence-electron chi connectivity index (χ2n) is 5.59. The van der Waals surface area contributed by atoms with Crippen molar-refractivity contribution in [3.05, 3.63) is 17.1 Å². The van der Waals surface area contributed by atoms with Gasteiger partial charge in [0.1, 0.15) is 5.69 Å². The van der Waals surface area contributed by atoms with Gasteiger partial charge in [-0.2, -0.15) is 8.42 Å². The summed E-state index contributed by atoms with van der Waals surface area (Å²) in [6.45, 7) is 10.0. The fraction of sp³-hybridized carbons (Fsp3) is 0.615. The lowest BCUT2D eigenvalue weighted by Crippen LogP contribution is -2.39. The van der Waals surface area contributed by atoms with E-state index in [1.165, 1.54) is 0 Å². The third-order valence-corrected chi connectivity index (χ3v) is 4.70. The van der Waals surface area contributed by atoms with Crippen LogP contribution in [0, 0.1) is 0 Å². The topological polar surface area (TPSA) is 102 Å². The summed E-state index contributed by atoms with van der Waals surface area (Å²) in [5, 5.41) is 0. The first-order chi connectivity index (χ1) is 9.69. The molecule has 8 heteroatoms. The van der Waals surface area contributed by atoms with Crippen LogP contribution in [0.2, 0.25) is 0 Å². The van der Waals surface area contributed by atoms with Crippen molar-refractivity contribution < 1.29 is 8.42 Å². The molecule has 0 amide bonds. The van der Waals surface area contributed by atoms with E-state index in [9.17, 15) is 8.42 Å². The van der Waals surface area contributed by atoms with E-state index < -0.39 is 10.2 Å². The van der Waals surface area contributed by atoms with Gasteiger partial charge in [-0.25, -0.2) is 14.3 Å². The molecule has 2 rings (SSSR count). The number of hydrogen-bond donors (Lipinski definition) is 1. The van der Waals surface area contributed by atoms with Crippen molar-refractivity contribution in [2.45, 2.75) is 46.5 Å². The Kier molecular flexibility index (Phi) is 3.92. The van der Waals surface area contributed by atoms with Crippen LogP contribution in [0.3, 0.4) is 0 Å². The van der Waals surface area contributed by atoms with Crippen molar-refractivity contribution in [1.82, 2.24) is 9.97 Å². The summed E-state index contributed by atoms with van der Waals surface area (Å²) < 4.78 is 28.9. The monoisotopic (exact) mass is 311 g/mol. The Morgan fingerprint density at radius 2 is 1.62 bits per heavy atom. The maximum Gasteiger partial charge on any atom is 0.347 e. The van der Waals surface area contributed by atoms with Crippen molar-refractivity contribution in [3.63, 3.8) is 0 Å². The highest BCUT2D eigenvalue weighted by molar-refractivity contribution is 7.91. The fourth-order valence-electron chi connectivity index (χ4n) is 2.29. The number of rotatable bonds is 3. The number of fused-ring (bicyclic) bond motifs is 1. The third kappa shape index (κ3) is 2.59. The minimum atomic E-state index is -3.82. The maximum absolute atomic E-state index is 12.1. The molecule has 0 atom stereocenters. The normalized spacial score (nSPS) is 17.1. The lowest BCUT2D eigenvalue weighted by atomic mass is 10.00. The minimum absolute atomic E-state index is 0.0978. The lowest BCUT2D eigenvalue weighted by molar-refractivity contribution is 0.591. The highest BCUT2D eigenvalue weighted by atomic mass is 32.2. The van der Waals surface area contributed by atoms with E-state index in [4.69, 9.17) is 5.73 Å². The molecule has 2 N–H and O–H groups in total. The van der Waals surface area contributed by atoms with Crippen LogP contribution in [0.5, 0.6) is 0 Å². The highest BCUT2D eigenvalue weighted by Crippen LogP contribution is 2.31. The summed E-state index contributed by atoms with van der Waals surface area (Å²) in [4.78, 5) is 9.11. The number of nitrogens with two attached hydrogens (primary N) is 1. The van der Waals surface area contributed by atoms with Crippen LogP contribution >= 0.6 is 0 Å². The van der Waals surface area contributed by atoms with E-state index in [-0.39, 0.29) is 30.0 Å². The molecule has 0 saturated heterocycles. The van der Waals surface area contributed by atoms with Gasteiger partial charge in [0.2, 0.25) is 0 Å². The zero-order chi connectivity index (χ0) is 15.9. The molecule has 1 aromatic heterocycles. The molecule has 7 nitrogen and oxygen atoms in total.